The largest absolute Gasteiger partial charge is 0.394 e. The van der Waals surface area contributed by atoms with Crippen molar-refractivity contribution < 1.29 is 14.6 Å². The monoisotopic (exact) mass is 291 g/mol. The molecular formula is C17H25NO3. The molecule has 116 valence electrons. The second-order valence-electron chi connectivity index (χ2n) is 5.53. The van der Waals surface area contributed by atoms with Gasteiger partial charge in [0.1, 0.15) is 0 Å². The van der Waals surface area contributed by atoms with Gasteiger partial charge in [-0.15, -0.1) is 0 Å². The molecule has 0 radical (unpaired) electrons. The molecule has 0 aliphatic heterocycles. The lowest BCUT2D eigenvalue weighted by atomic mass is 9.81. The highest BCUT2D eigenvalue weighted by atomic mass is 16.5. The fourth-order valence-corrected chi connectivity index (χ4v) is 2.93. The molecule has 1 amide bonds. The first-order valence-corrected chi connectivity index (χ1v) is 7.84. The Hall–Kier alpha value is -1.39. The summed E-state index contributed by atoms with van der Waals surface area (Å²) in [6.07, 6.45) is 4.77. The standard InChI is InChI=1S/C17H25NO3/c19-10-12-21-11-4-9-18-17(20)13-15-7-3-6-14-5-1-2-8-16(14)15/h1-2,5,8,15,19H,3-4,6-7,9-13H2,(H,18,20). The number of carbonyl (C=O) groups excluding carboxylic acids is 1. The molecule has 0 bridgehead atoms. The van der Waals surface area contributed by atoms with Crippen LogP contribution >= 0.6 is 0 Å². The lowest BCUT2D eigenvalue weighted by Gasteiger charge is -2.25. The van der Waals surface area contributed by atoms with E-state index in [-0.39, 0.29) is 12.5 Å². The summed E-state index contributed by atoms with van der Waals surface area (Å²) in [6.45, 7) is 1.63. The molecule has 1 aromatic rings. The third kappa shape index (κ3) is 5.14. The summed E-state index contributed by atoms with van der Waals surface area (Å²) in [5.74, 6) is 0.486. The number of fused-ring (bicyclic) bond motifs is 1. The smallest absolute Gasteiger partial charge is 0.220 e. The van der Waals surface area contributed by atoms with E-state index in [9.17, 15) is 4.79 Å². The SMILES string of the molecule is O=C(CC1CCCc2ccccc21)NCCCOCCO. The van der Waals surface area contributed by atoms with Crippen LogP contribution in [0, 0.1) is 0 Å². The number of aliphatic hydroxyl groups excluding tert-OH is 1. The Bertz CT molecular complexity index is 447. The second kappa shape index (κ2) is 8.80. The van der Waals surface area contributed by atoms with Crippen molar-refractivity contribution in [3.63, 3.8) is 0 Å². The summed E-state index contributed by atoms with van der Waals surface area (Å²) < 4.78 is 5.16. The zero-order valence-electron chi connectivity index (χ0n) is 12.5. The summed E-state index contributed by atoms with van der Waals surface area (Å²) in [5.41, 5.74) is 2.75. The predicted octanol–water partition coefficient (Wildman–Crippen LogP) is 2.01. The molecule has 4 heteroatoms. The minimum Gasteiger partial charge on any atom is -0.394 e. The highest BCUT2D eigenvalue weighted by molar-refractivity contribution is 5.77. The quantitative estimate of drug-likeness (QED) is 0.720. The average Bonchev–Trinajstić information content (AvgIpc) is 2.51. The number of hydrogen-bond donors (Lipinski definition) is 2. The molecule has 1 aliphatic rings. The first kappa shape index (κ1) is 16.0. The van der Waals surface area contributed by atoms with Gasteiger partial charge in [-0.25, -0.2) is 0 Å². The van der Waals surface area contributed by atoms with Crippen molar-refractivity contribution >= 4 is 5.91 Å². The van der Waals surface area contributed by atoms with E-state index < -0.39 is 0 Å². The van der Waals surface area contributed by atoms with Crippen LogP contribution in [0.3, 0.4) is 0 Å². The van der Waals surface area contributed by atoms with Gasteiger partial charge in [-0.3, -0.25) is 4.79 Å². The van der Waals surface area contributed by atoms with Crippen LogP contribution < -0.4 is 5.32 Å². The van der Waals surface area contributed by atoms with E-state index in [2.05, 4.69) is 29.6 Å². The normalized spacial score (nSPS) is 17.3. The molecule has 1 unspecified atom stereocenters. The highest BCUT2D eigenvalue weighted by Gasteiger charge is 2.21. The zero-order chi connectivity index (χ0) is 14.9. The van der Waals surface area contributed by atoms with E-state index in [4.69, 9.17) is 9.84 Å². The molecular weight excluding hydrogens is 266 g/mol. The van der Waals surface area contributed by atoms with Gasteiger partial charge in [-0.1, -0.05) is 24.3 Å². The van der Waals surface area contributed by atoms with Crippen molar-refractivity contribution in [3.8, 4) is 0 Å². The fourth-order valence-electron chi connectivity index (χ4n) is 2.93. The van der Waals surface area contributed by atoms with E-state index in [1.807, 2.05) is 0 Å². The highest BCUT2D eigenvalue weighted by Crippen LogP contribution is 2.33. The van der Waals surface area contributed by atoms with Gasteiger partial charge in [-0.05, 0) is 42.7 Å². The van der Waals surface area contributed by atoms with Crippen LogP contribution in [0.2, 0.25) is 0 Å². The van der Waals surface area contributed by atoms with Gasteiger partial charge in [0.15, 0.2) is 0 Å². The Morgan fingerprint density at radius 3 is 3.05 bits per heavy atom. The van der Waals surface area contributed by atoms with Crippen molar-refractivity contribution in [3.05, 3.63) is 35.4 Å². The third-order valence-electron chi connectivity index (χ3n) is 3.95. The van der Waals surface area contributed by atoms with Crippen molar-refractivity contribution in [1.82, 2.24) is 5.32 Å². The molecule has 2 N–H and O–H groups in total. The van der Waals surface area contributed by atoms with Gasteiger partial charge in [0.25, 0.3) is 0 Å². The van der Waals surface area contributed by atoms with Gasteiger partial charge in [0, 0.05) is 19.6 Å². The number of benzene rings is 1. The van der Waals surface area contributed by atoms with Crippen molar-refractivity contribution in [1.29, 1.82) is 0 Å². The van der Waals surface area contributed by atoms with Gasteiger partial charge in [-0.2, -0.15) is 0 Å². The summed E-state index contributed by atoms with van der Waals surface area (Å²) in [4.78, 5) is 12.0. The molecule has 2 rings (SSSR count). The molecule has 0 saturated carbocycles. The van der Waals surface area contributed by atoms with Crippen LogP contribution in [0.4, 0.5) is 0 Å². The lowest BCUT2D eigenvalue weighted by Crippen LogP contribution is -2.27. The average molecular weight is 291 g/mol. The van der Waals surface area contributed by atoms with Crippen molar-refractivity contribution in [2.45, 2.75) is 38.0 Å². The Morgan fingerprint density at radius 1 is 1.33 bits per heavy atom. The Morgan fingerprint density at radius 2 is 2.19 bits per heavy atom. The number of aliphatic hydroxyl groups is 1. The number of rotatable bonds is 8. The molecule has 1 aliphatic carbocycles. The maximum absolute atomic E-state index is 12.0. The summed E-state index contributed by atoms with van der Waals surface area (Å²) in [7, 11) is 0. The second-order valence-corrected chi connectivity index (χ2v) is 5.53. The number of aryl methyl sites for hydroxylation is 1. The minimum absolute atomic E-state index is 0.0491. The van der Waals surface area contributed by atoms with Gasteiger partial charge < -0.3 is 15.2 Å². The Labute approximate surface area is 126 Å². The van der Waals surface area contributed by atoms with E-state index in [0.29, 0.717) is 32.1 Å². The Balaban J connectivity index is 1.71. The van der Waals surface area contributed by atoms with Crippen LogP contribution in [0.25, 0.3) is 0 Å². The molecule has 0 aromatic heterocycles. The van der Waals surface area contributed by atoms with Crippen LogP contribution in [0.15, 0.2) is 24.3 Å². The summed E-state index contributed by atoms with van der Waals surface area (Å²) in [6, 6.07) is 8.48. The fraction of sp³-hybridized carbons (Fsp3) is 0.588. The van der Waals surface area contributed by atoms with Crippen molar-refractivity contribution in [2.75, 3.05) is 26.4 Å². The number of hydrogen-bond acceptors (Lipinski definition) is 3. The summed E-state index contributed by atoms with van der Waals surface area (Å²) >= 11 is 0. The summed E-state index contributed by atoms with van der Waals surface area (Å²) in [5, 5.41) is 11.5. The minimum atomic E-state index is 0.0491. The van der Waals surface area contributed by atoms with Crippen LogP contribution in [0.5, 0.6) is 0 Å². The molecule has 0 saturated heterocycles. The predicted molar refractivity (Wildman–Crippen MR) is 82.3 cm³/mol. The molecule has 1 atom stereocenters. The molecule has 21 heavy (non-hydrogen) atoms. The number of amides is 1. The van der Waals surface area contributed by atoms with Crippen molar-refractivity contribution in [2.24, 2.45) is 0 Å². The van der Waals surface area contributed by atoms with Gasteiger partial charge in [0.2, 0.25) is 5.91 Å². The van der Waals surface area contributed by atoms with E-state index in [1.54, 1.807) is 0 Å². The third-order valence-corrected chi connectivity index (χ3v) is 3.95. The van der Waals surface area contributed by atoms with Crippen LogP contribution in [0.1, 0.15) is 42.7 Å². The van der Waals surface area contributed by atoms with Gasteiger partial charge >= 0.3 is 0 Å². The van der Waals surface area contributed by atoms with E-state index in [0.717, 1.165) is 19.3 Å². The Kier molecular flexibility index (Phi) is 6.70. The molecule has 0 fully saturated rings. The first-order chi connectivity index (χ1) is 10.3. The molecule has 0 spiro atoms. The number of carbonyl (C=O) groups is 1. The van der Waals surface area contributed by atoms with Crippen LogP contribution in [-0.2, 0) is 16.0 Å². The number of ether oxygens (including phenoxy) is 1. The first-order valence-electron chi connectivity index (χ1n) is 7.84. The van der Waals surface area contributed by atoms with Gasteiger partial charge in [0.05, 0.1) is 13.2 Å². The maximum atomic E-state index is 12.0. The van der Waals surface area contributed by atoms with Crippen LogP contribution in [-0.4, -0.2) is 37.4 Å². The van der Waals surface area contributed by atoms with E-state index >= 15 is 0 Å². The topological polar surface area (TPSA) is 58.6 Å². The molecule has 0 heterocycles. The number of nitrogens with one attached hydrogen (secondary N) is 1. The molecule has 4 nitrogen and oxygen atoms in total. The van der Waals surface area contributed by atoms with E-state index in [1.165, 1.54) is 17.5 Å². The molecule has 1 aromatic carbocycles. The lowest BCUT2D eigenvalue weighted by molar-refractivity contribution is -0.121. The maximum Gasteiger partial charge on any atom is 0.220 e. The zero-order valence-corrected chi connectivity index (χ0v) is 12.5.